The van der Waals surface area contributed by atoms with Crippen molar-refractivity contribution in [2.24, 2.45) is 35.5 Å². The van der Waals surface area contributed by atoms with Gasteiger partial charge in [-0.05, 0) is 157 Å². The van der Waals surface area contributed by atoms with Gasteiger partial charge in [0.25, 0.3) is 17.7 Å². The number of oxazole rings is 1. The first kappa shape index (κ1) is 102. The number of hydrogen-bond acceptors (Lipinski definition) is 31. The van der Waals surface area contributed by atoms with Crippen molar-refractivity contribution in [3.8, 4) is 11.3 Å². The van der Waals surface area contributed by atoms with Gasteiger partial charge in [0.1, 0.15) is 53.5 Å². The van der Waals surface area contributed by atoms with Gasteiger partial charge in [-0.15, -0.1) is 5.10 Å². The molecule has 35 nitrogen and oxygen atoms in total. The van der Waals surface area contributed by atoms with Crippen molar-refractivity contribution < 1.29 is 110 Å². The van der Waals surface area contributed by atoms with E-state index in [4.69, 9.17) is 87.3 Å². The Morgan fingerprint density at radius 3 is 2.08 bits per heavy atom. The molecule has 0 radical (unpaired) electrons. The number of ketones is 3. The molecule has 4 aliphatic rings. The summed E-state index contributed by atoms with van der Waals surface area (Å²) in [4.78, 5) is 98.8. The number of piperidine rings is 1. The fourth-order valence-corrected chi connectivity index (χ4v) is 16.6. The van der Waals surface area contributed by atoms with Gasteiger partial charge < -0.3 is 103 Å². The lowest BCUT2D eigenvalue weighted by molar-refractivity contribution is -0.265. The van der Waals surface area contributed by atoms with Gasteiger partial charge in [0.05, 0.1) is 148 Å². The summed E-state index contributed by atoms with van der Waals surface area (Å²) < 4.78 is 90.8. The van der Waals surface area contributed by atoms with E-state index in [0.29, 0.717) is 216 Å². The average molecular weight is 1780 g/mol. The highest BCUT2D eigenvalue weighted by Crippen LogP contribution is 2.40. The van der Waals surface area contributed by atoms with Crippen LogP contribution in [-0.2, 0) is 115 Å². The molecule has 127 heavy (non-hydrogen) atoms. The first-order chi connectivity index (χ1) is 61.4. The van der Waals surface area contributed by atoms with Crippen molar-refractivity contribution in [1.29, 1.82) is 0 Å². The minimum Gasteiger partial charge on any atom is -0.460 e. The lowest BCUT2D eigenvalue weighted by Gasteiger charge is -2.42. The van der Waals surface area contributed by atoms with Gasteiger partial charge in [-0.25, -0.2) is 24.1 Å². The van der Waals surface area contributed by atoms with Crippen molar-refractivity contribution in [2.75, 3.05) is 158 Å². The van der Waals surface area contributed by atoms with Gasteiger partial charge in [-0.1, -0.05) is 76.3 Å². The van der Waals surface area contributed by atoms with Crippen molar-refractivity contribution >= 4 is 69.1 Å². The molecule has 5 aromatic rings. The topological polar surface area (TPSA) is 440 Å². The number of carbonyl (C=O) groups is 6. The molecule has 1 unspecified atom stereocenters. The summed E-state index contributed by atoms with van der Waals surface area (Å²) >= 11 is 0. The lowest BCUT2D eigenvalue weighted by Crippen LogP contribution is -2.61. The molecule has 3 aliphatic heterocycles. The molecule has 2 bridgehead atoms. The average Bonchev–Trinajstić information content (AvgIpc) is 1.54. The number of aliphatic hydroxyl groups is 2. The highest BCUT2D eigenvalue weighted by molar-refractivity contribution is 6.39. The van der Waals surface area contributed by atoms with Crippen LogP contribution in [0.15, 0.2) is 82.7 Å². The number of rotatable bonds is 45. The van der Waals surface area contributed by atoms with Crippen LogP contribution in [0.25, 0.3) is 33.4 Å². The second-order valence-corrected chi connectivity index (χ2v) is 33.8. The highest BCUT2D eigenvalue weighted by atomic mass is 16.6. The van der Waals surface area contributed by atoms with Crippen LogP contribution in [-0.4, -0.2) is 291 Å². The third kappa shape index (κ3) is 32.4. The van der Waals surface area contributed by atoms with Crippen LogP contribution in [0.1, 0.15) is 163 Å². The molecule has 0 spiro atoms. The molecule has 7 N–H and O–H groups in total. The Balaban J connectivity index is 0.586. The van der Waals surface area contributed by atoms with Crippen LogP contribution in [0.2, 0.25) is 0 Å². The molecule has 1 aliphatic carbocycles. The molecular weight excluding hydrogens is 1640 g/mol. The second-order valence-electron chi connectivity index (χ2n) is 33.8. The largest absolute Gasteiger partial charge is 0.460 e. The number of fused-ring (bicyclic) bond motifs is 5. The number of benzene rings is 1. The molecule has 9 rings (SSSR count). The Morgan fingerprint density at radius 1 is 0.717 bits per heavy atom. The van der Waals surface area contributed by atoms with Crippen molar-refractivity contribution in [3.05, 3.63) is 84.0 Å². The number of nitrogens with two attached hydrogens (primary N) is 2. The summed E-state index contributed by atoms with van der Waals surface area (Å²) in [6, 6.07) is 4.40. The number of aromatic nitrogens is 8. The number of cyclic esters (lactones) is 1. The van der Waals surface area contributed by atoms with E-state index >= 15 is 0 Å². The number of unbranched alkanes of at least 4 members (excludes halogenated alkanes) is 2. The fourth-order valence-electron chi connectivity index (χ4n) is 16.6. The zero-order valence-electron chi connectivity index (χ0n) is 76.2. The number of nitrogens with one attached hydrogen (secondary N) is 1. The monoisotopic (exact) mass is 1780 g/mol. The Hall–Kier alpha value is -8.24. The number of ether oxygens (including phenoxy) is 14. The molecule has 35 heteroatoms. The molecule has 1 aromatic carbocycles. The number of nitrogens with zero attached hydrogens (tertiary/aromatic N) is 9. The van der Waals surface area contributed by atoms with Crippen molar-refractivity contribution in [2.45, 2.75) is 232 Å². The zero-order chi connectivity index (χ0) is 91.0. The number of esters is 1. The molecule has 15 atom stereocenters. The first-order valence-electron chi connectivity index (χ1n) is 45.4. The maximum absolute atomic E-state index is 14.8. The smallest absolute Gasteiger partial charge is 0.329 e. The van der Waals surface area contributed by atoms with E-state index in [2.05, 4.69) is 30.6 Å². The molecular formula is C92H140N12O23. The van der Waals surface area contributed by atoms with Gasteiger partial charge in [0.2, 0.25) is 11.7 Å². The van der Waals surface area contributed by atoms with Crippen molar-refractivity contribution in [3.63, 3.8) is 0 Å². The molecule has 706 valence electrons. The van der Waals surface area contributed by atoms with Crippen LogP contribution in [0.3, 0.4) is 0 Å². The first-order valence-corrected chi connectivity index (χ1v) is 45.4. The Labute approximate surface area is 746 Å². The predicted octanol–water partition coefficient (Wildman–Crippen LogP) is 9.05. The van der Waals surface area contributed by atoms with Crippen LogP contribution >= 0.6 is 0 Å². The third-order valence-corrected chi connectivity index (χ3v) is 24.1. The van der Waals surface area contributed by atoms with Crippen LogP contribution in [0.5, 0.6) is 0 Å². The SMILES string of the molecule is CO[C@H]1C[C@@H]2CC[C@@H](C)[C@@](O)(O2)C(=O)C(=O)N2CCCC[C@H]2C(=O)O[C@H]([C@H](C)C[C@@H]2CC[C@@H](OCCCCc3cn(CCOCCOCCOCCOCCOCCOCCOCCOCCC(=O)NCCCCn4nc(-c5ccc6oc(N)nc6c5)c5c(N)ncnc54)nn3)[C@H](OC)C2)CC(=O)[C@H](C)/C=C(\C)[C@@H](O)[C@@H](OC)C(=O)[C@H](C)CC(C)/C=C/C=C/C=C/1C. The minimum absolute atomic E-state index is 0.00508. The lowest BCUT2D eigenvalue weighted by atomic mass is 9.78. The van der Waals surface area contributed by atoms with E-state index in [1.165, 1.54) is 18.3 Å². The summed E-state index contributed by atoms with van der Waals surface area (Å²) in [6.45, 7) is 21.6. The quantitative estimate of drug-likeness (QED) is 0.0105. The standard InChI is InChI=1S/C92H140N12O23/c1-61-20-12-11-13-21-62(2)77(113-8)57-71-27-24-67(7)92(112,127-71)86(109)89(110)103-32-17-14-23-73(103)90(111)125-78(58-74(105)63(3)53-66(6)84(108)85(115-10)83(107)65(5)52-61)64(4)54-68-25-28-76(79(55-68)114-9)124-35-19-15-22-70-59-102(101-99-70)34-37-117-39-41-119-43-45-121-47-49-123-51-50-122-48-46-120-44-42-118-40-38-116-36-30-80(106)95-31-16-18-33-104-88-81(87(93)96-60-97-88)82(100-104)69-26-29-75-72(56-69)98-91(94)126-75/h11-13,20-21,26,29,53,56,59-61,63-65,67-68,71,73,76-79,84-85,108,112H,14-19,22-25,27-28,30-52,54-55,57-58H2,1-10H3,(H2,94,98)(H,95,106)(H2,93,96,97)/b13-11+,20-12+,62-21+,66-53+/t61?,63-,64-,65-,67-,68+,71+,73+,76-,77+,78+,79-,84-,85+,92-/m1/s1. The highest BCUT2D eigenvalue weighted by Gasteiger charge is 2.53. The fraction of sp³-hybridized carbons (Fsp3) is 0.696. The van der Waals surface area contributed by atoms with E-state index in [-0.39, 0.29) is 85.9 Å². The number of aryl methyl sites for hydroxylation is 2. The van der Waals surface area contributed by atoms with E-state index in [1.54, 1.807) is 56.5 Å². The Kier molecular flexibility index (Phi) is 43.9. The number of nitrogen functional groups attached to an aromatic ring is 2. The summed E-state index contributed by atoms with van der Waals surface area (Å²) in [5.74, 6) is -7.94. The van der Waals surface area contributed by atoms with E-state index in [9.17, 15) is 39.0 Å². The van der Waals surface area contributed by atoms with Gasteiger partial charge >= 0.3 is 5.97 Å². The molecule has 7 heterocycles. The molecule has 3 fully saturated rings. The second kappa shape index (κ2) is 54.4. The predicted molar refractivity (Wildman–Crippen MR) is 472 cm³/mol. The maximum atomic E-state index is 14.8. The minimum atomic E-state index is -2.46. The Bertz CT molecular complexity index is 4320. The summed E-state index contributed by atoms with van der Waals surface area (Å²) in [7, 11) is 4.65. The molecule has 4 aromatic heterocycles. The summed E-state index contributed by atoms with van der Waals surface area (Å²) in [5, 5.41) is 40.9. The van der Waals surface area contributed by atoms with Crippen LogP contribution < -0.4 is 16.8 Å². The number of amides is 2. The number of carbonyl (C=O) groups excluding carboxylic acids is 6. The van der Waals surface area contributed by atoms with E-state index in [0.717, 1.165) is 61.8 Å². The third-order valence-electron chi connectivity index (χ3n) is 24.1. The van der Waals surface area contributed by atoms with Crippen molar-refractivity contribution in [1.82, 2.24) is 49.9 Å². The number of aliphatic hydroxyl groups excluding tert-OH is 1. The summed E-state index contributed by atoms with van der Waals surface area (Å²) in [6.07, 6.45) is 19.3. The number of hydrogen-bond donors (Lipinski definition) is 5. The summed E-state index contributed by atoms with van der Waals surface area (Å²) in [5.41, 5.74) is 17.4. The van der Waals surface area contributed by atoms with E-state index in [1.807, 2.05) is 76.4 Å². The normalized spacial score (nSPS) is 26.5. The zero-order valence-corrected chi connectivity index (χ0v) is 76.2. The van der Waals surface area contributed by atoms with Crippen LogP contribution in [0, 0.1) is 35.5 Å². The molecule has 2 saturated heterocycles. The van der Waals surface area contributed by atoms with Crippen LogP contribution in [0.4, 0.5) is 11.8 Å². The number of Topliss-reactive ketones (excluding diaryl/α,β-unsaturated/α-hetero) is 3. The van der Waals surface area contributed by atoms with E-state index < -0.39 is 77.8 Å². The number of methoxy groups -OCH3 is 3. The Morgan fingerprint density at radius 2 is 1.40 bits per heavy atom. The molecule has 2 amide bonds. The number of allylic oxidation sites excluding steroid dienone is 6. The van der Waals surface area contributed by atoms with Gasteiger partial charge in [0.15, 0.2) is 17.0 Å². The van der Waals surface area contributed by atoms with Gasteiger partial charge in [0, 0.05) is 96.3 Å². The van der Waals surface area contributed by atoms with Gasteiger partial charge in [-0.3, -0.25) is 24.0 Å². The number of anilines is 2. The van der Waals surface area contributed by atoms with Gasteiger partial charge in [-0.2, -0.15) is 10.1 Å². The molecule has 1 saturated carbocycles. The maximum Gasteiger partial charge on any atom is 0.329 e.